The minimum absolute atomic E-state index is 0.0790. The average Bonchev–Trinajstić information content (AvgIpc) is 2.82. The smallest absolute Gasteiger partial charge is 0.242 e. The number of sulfonamides is 1. The molecule has 0 radical (unpaired) electrons. The monoisotopic (exact) mass is 268 g/mol. The number of hydrogen-bond acceptors (Lipinski definition) is 6. The van der Waals surface area contributed by atoms with Gasteiger partial charge in [-0.2, -0.15) is 0 Å². The summed E-state index contributed by atoms with van der Waals surface area (Å²) in [5.74, 6) is 0.275. The minimum atomic E-state index is -3.56. The van der Waals surface area contributed by atoms with Gasteiger partial charge in [0.05, 0.1) is 12.7 Å². The molecule has 0 amide bonds. The lowest BCUT2D eigenvalue weighted by atomic mass is 10.5. The van der Waals surface area contributed by atoms with Gasteiger partial charge in [0.15, 0.2) is 0 Å². The largest absolute Gasteiger partial charge is 0.384 e. The third-order valence-corrected chi connectivity index (χ3v) is 3.62. The predicted molar refractivity (Wildman–Crippen MR) is 63.9 cm³/mol. The second-order valence-electron chi connectivity index (χ2n) is 3.48. The summed E-state index contributed by atoms with van der Waals surface area (Å²) >= 11 is 0. The number of aromatic nitrogens is 4. The maximum Gasteiger partial charge on any atom is 0.242 e. The molecule has 0 aliphatic carbocycles. The maximum atomic E-state index is 11.8. The van der Waals surface area contributed by atoms with Crippen molar-refractivity contribution in [2.75, 3.05) is 12.3 Å². The second-order valence-corrected chi connectivity index (χ2v) is 5.25. The van der Waals surface area contributed by atoms with Crippen molar-refractivity contribution < 1.29 is 8.42 Å². The number of rotatable bonds is 5. The standard InChI is InChI=1S/C9H12N6O2S/c10-9-2-1-8(7-11-9)18(16,17)13-4-6-15-5-3-12-14-15/h1-3,5,7,13H,4,6H2,(H2,10,11). The Labute approximate surface area is 104 Å². The van der Waals surface area contributed by atoms with E-state index in [9.17, 15) is 8.42 Å². The molecule has 2 rings (SSSR count). The summed E-state index contributed by atoms with van der Waals surface area (Å²) in [4.78, 5) is 3.81. The van der Waals surface area contributed by atoms with Crippen LogP contribution in [0.4, 0.5) is 5.82 Å². The van der Waals surface area contributed by atoms with Crippen LogP contribution in [0.5, 0.6) is 0 Å². The van der Waals surface area contributed by atoms with Crippen LogP contribution in [0.25, 0.3) is 0 Å². The van der Waals surface area contributed by atoms with Crippen molar-refractivity contribution in [3.8, 4) is 0 Å². The van der Waals surface area contributed by atoms with E-state index in [0.717, 1.165) is 0 Å². The highest BCUT2D eigenvalue weighted by Gasteiger charge is 2.13. The summed E-state index contributed by atoms with van der Waals surface area (Å²) in [7, 11) is -3.56. The molecule has 96 valence electrons. The summed E-state index contributed by atoms with van der Waals surface area (Å²) < 4.78 is 27.6. The number of anilines is 1. The Morgan fingerprint density at radius 1 is 1.39 bits per heavy atom. The first-order valence-electron chi connectivity index (χ1n) is 5.13. The van der Waals surface area contributed by atoms with Crippen molar-refractivity contribution in [2.45, 2.75) is 11.4 Å². The van der Waals surface area contributed by atoms with Crippen LogP contribution in [-0.4, -0.2) is 34.9 Å². The second kappa shape index (κ2) is 5.10. The fourth-order valence-corrected chi connectivity index (χ4v) is 2.25. The average molecular weight is 268 g/mol. The number of nitrogens with two attached hydrogens (primary N) is 1. The van der Waals surface area contributed by atoms with Gasteiger partial charge in [0.1, 0.15) is 10.7 Å². The van der Waals surface area contributed by atoms with E-state index in [2.05, 4.69) is 20.0 Å². The Kier molecular flexibility index (Phi) is 3.53. The van der Waals surface area contributed by atoms with E-state index in [1.54, 1.807) is 6.20 Å². The highest BCUT2D eigenvalue weighted by atomic mass is 32.2. The third kappa shape index (κ3) is 3.02. The highest BCUT2D eigenvalue weighted by molar-refractivity contribution is 7.89. The molecule has 0 unspecified atom stereocenters. The van der Waals surface area contributed by atoms with E-state index in [4.69, 9.17) is 5.73 Å². The summed E-state index contributed by atoms with van der Waals surface area (Å²) in [5.41, 5.74) is 5.39. The van der Waals surface area contributed by atoms with E-state index in [-0.39, 0.29) is 17.3 Å². The Hall–Kier alpha value is -2.00. The molecule has 0 aliphatic rings. The third-order valence-electron chi connectivity index (χ3n) is 2.17. The minimum Gasteiger partial charge on any atom is -0.384 e. The number of nitrogens with zero attached hydrogens (tertiary/aromatic N) is 4. The van der Waals surface area contributed by atoms with Gasteiger partial charge in [-0.05, 0) is 12.1 Å². The topological polar surface area (TPSA) is 116 Å². The zero-order valence-electron chi connectivity index (χ0n) is 9.39. The number of nitrogen functional groups attached to an aromatic ring is 1. The lowest BCUT2D eigenvalue weighted by molar-refractivity contribution is 0.552. The molecule has 0 fully saturated rings. The summed E-state index contributed by atoms with van der Waals surface area (Å²) in [6, 6.07) is 2.84. The Bertz CT molecular complexity index is 592. The SMILES string of the molecule is Nc1ccc(S(=O)(=O)NCCn2ccnn2)cn1. The summed E-state index contributed by atoms with van der Waals surface area (Å²) in [6.45, 7) is 0.623. The molecule has 3 N–H and O–H groups in total. The van der Waals surface area contributed by atoms with E-state index >= 15 is 0 Å². The number of hydrogen-bond donors (Lipinski definition) is 2. The van der Waals surface area contributed by atoms with Crippen molar-refractivity contribution in [1.82, 2.24) is 24.7 Å². The van der Waals surface area contributed by atoms with Crippen molar-refractivity contribution in [3.05, 3.63) is 30.7 Å². The molecule has 18 heavy (non-hydrogen) atoms. The van der Waals surface area contributed by atoms with E-state index < -0.39 is 10.0 Å². The summed E-state index contributed by atoms with van der Waals surface area (Å²) in [6.07, 6.45) is 4.39. The van der Waals surface area contributed by atoms with Crippen molar-refractivity contribution in [3.63, 3.8) is 0 Å². The predicted octanol–water partition coefficient (Wildman–Crippen LogP) is -0.766. The summed E-state index contributed by atoms with van der Waals surface area (Å²) in [5, 5.41) is 7.34. The molecule has 0 atom stereocenters. The van der Waals surface area contributed by atoms with Crippen LogP contribution in [0.2, 0.25) is 0 Å². The van der Waals surface area contributed by atoms with Crippen molar-refractivity contribution in [1.29, 1.82) is 0 Å². The van der Waals surface area contributed by atoms with Gasteiger partial charge in [-0.15, -0.1) is 5.10 Å². The van der Waals surface area contributed by atoms with Crippen LogP contribution in [-0.2, 0) is 16.6 Å². The zero-order chi connectivity index (χ0) is 13.0. The molecular weight excluding hydrogens is 256 g/mol. The van der Waals surface area contributed by atoms with Crippen molar-refractivity contribution >= 4 is 15.8 Å². The number of pyridine rings is 1. The molecule has 0 saturated heterocycles. The fraction of sp³-hybridized carbons (Fsp3) is 0.222. The van der Waals surface area contributed by atoms with Gasteiger partial charge in [0.2, 0.25) is 10.0 Å². The molecular formula is C9H12N6O2S. The van der Waals surface area contributed by atoms with Crippen LogP contribution in [0.1, 0.15) is 0 Å². The van der Waals surface area contributed by atoms with Crippen LogP contribution in [0.3, 0.4) is 0 Å². The van der Waals surface area contributed by atoms with Gasteiger partial charge in [0.25, 0.3) is 0 Å². The van der Waals surface area contributed by atoms with E-state index in [1.165, 1.54) is 29.2 Å². The zero-order valence-corrected chi connectivity index (χ0v) is 10.2. The maximum absolute atomic E-state index is 11.8. The number of nitrogens with one attached hydrogen (secondary N) is 1. The highest BCUT2D eigenvalue weighted by Crippen LogP contribution is 2.07. The molecule has 9 heteroatoms. The molecule has 2 aromatic rings. The van der Waals surface area contributed by atoms with E-state index in [1.807, 2.05) is 0 Å². The van der Waals surface area contributed by atoms with Crippen molar-refractivity contribution in [2.24, 2.45) is 0 Å². The van der Waals surface area contributed by atoms with Crippen LogP contribution >= 0.6 is 0 Å². The Balaban J connectivity index is 1.97. The van der Waals surface area contributed by atoms with Gasteiger partial charge in [0, 0.05) is 18.9 Å². The van der Waals surface area contributed by atoms with Crippen LogP contribution < -0.4 is 10.5 Å². The first-order chi connectivity index (χ1) is 8.58. The quantitative estimate of drug-likeness (QED) is 0.736. The first kappa shape index (κ1) is 12.5. The molecule has 0 saturated carbocycles. The van der Waals surface area contributed by atoms with Gasteiger partial charge in [-0.25, -0.2) is 18.1 Å². The Morgan fingerprint density at radius 2 is 2.22 bits per heavy atom. The molecule has 0 aliphatic heterocycles. The molecule has 2 heterocycles. The van der Waals surface area contributed by atoms with E-state index in [0.29, 0.717) is 6.54 Å². The van der Waals surface area contributed by atoms with Gasteiger partial charge in [-0.3, -0.25) is 4.68 Å². The fourth-order valence-electron chi connectivity index (χ4n) is 1.28. The lowest BCUT2D eigenvalue weighted by Gasteiger charge is -2.06. The lowest BCUT2D eigenvalue weighted by Crippen LogP contribution is -2.27. The molecule has 0 spiro atoms. The first-order valence-corrected chi connectivity index (χ1v) is 6.61. The molecule has 0 bridgehead atoms. The Morgan fingerprint density at radius 3 is 2.83 bits per heavy atom. The van der Waals surface area contributed by atoms with Crippen LogP contribution in [0, 0.1) is 0 Å². The normalized spacial score (nSPS) is 11.6. The van der Waals surface area contributed by atoms with Gasteiger partial charge in [-0.1, -0.05) is 5.21 Å². The molecule has 2 aromatic heterocycles. The molecule has 0 aromatic carbocycles. The molecule has 8 nitrogen and oxygen atoms in total. The van der Waals surface area contributed by atoms with Crippen LogP contribution in [0.15, 0.2) is 35.6 Å². The van der Waals surface area contributed by atoms with Gasteiger partial charge < -0.3 is 5.73 Å². The van der Waals surface area contributed by atoms with Gasteiger partial charge >= 0.3 is 0 Å².